The molecule has 0 radical (unpaired) electrons. The van der Waals surface area contributed by atoms with Crippen molar-refractivity contribution in [2.75, 3.05) is 0 Å². The first-order valence-corrected chi connectivity index (χ1v) is 8.61. The van der Waals surface area contributed by atoms with E-state index in [1.807, 2.05) is 6.07 Å². The van der Waals surface area contributed by atoms with Crippen LogP contribution in [-0.2, 0) is 5.41 Å². The van der Waals surface area contributed by atoms with Gasteiger partial charge in [0, 0.05) is 20.7 Å². The van der Waals surface area contributed by atoms with Crippen molar-refractivity contribution in [2.45, 2.75) is 19.3 Å². The Balaban J connectivity index is 1.92. The minimum absolute atomic E-state index is 0.0269. The lowest BCUT2D eigenvalue weighted by atomic mass is 9.82. The second-order valence-corrected chi connectivity index (χ2v) is 7.72. The van der Waals surface area contributed by atoms with E-state index in [-0.39, 0.29) is 5.41 Å². The third kappa shape index (κ3) is 1.67. The number of furan rings is 1. The van der Waals surface area contributed by atoms with Crippen molar-refractivity contribution in [1.29, 1.82) is 0 Å². The van der Waals surface area contributed by atoms with Gasteiger partial charge in [-0.25, -0.2) is 0 Å². The maximum atomic E-state index is 6.11. The molecule has 1 aliphatic carbocycles. The van der Waals surface area contributed by atoms with Crippen LogP contribution in [-0.4, -0.2) is 0 Å². The van der Waals surface area contributed by atoms with Gasteiger partial charge in [0.1, 0.15) is 11.2 Å². The van der Waals surface area contributed by atoms with Crippen LogP contribution in [0.4, 0.5) is 0 Å². The van der Waals surface area contributed by atoms with Gasteiger partial charge in [0.05, 0.1) is 0 Å². The van der Waals surface area contributed by atoms with Crippen molar-refractivity contribution < 1.29 is 4.42 Å². The quantitative estimate of drug-likeness (QED) is 0.341. The molecule has 112 valence electrons. The highest BCUT2D eigenvalue weighted by Crippen LogP contribution is 2.50. The fraction of sp³-hybridized carbons (Fsp3) is 0.143. The van der Waals surface area contributed by atoms with Crippen molar-refractivity contribution in [2.24, 2.45) is 0 Å². The van der Waals surface area contributed by atoms with Crippen molar-refractivity contribution in [1.82, 2.24) is 0 Å². The van der Waals surface area contributed by atoms with Gasteiger partial charge in [0.15, 0.2) is 0 Å². The lowest BCUT2D eigenvalue weighted by Gasteiger charge is -2.21. The third-order valence-electron chi connectivity index (χ3n) is 5.14. The first kappa shape index (κ1) is 13.4. The summed E-state index contributed by atoms with van der Waals surface area (Å²) in [6.45, 7) is 4.62. The summed E-state index contributed by atoms with van der Waals surface area (Å²) in [6, 6.07) is 19.5. The molecule has 4 aromatic rings. The van der Waals surface area contributed by atoms with Crippen LogP contribution in [0.15, 0.2) is 63.5 Å². The molecule has 0 fully saturated rings. The Morgan fingerprint density at radius 1 is 0.783 bits per heavy atom. The second-order valence-electron chi connectivity index (χ2n) is 6.81. The maximum absolute atomic E-state index is 6.11. The van der Waals surface area contributed by atoms with Gasteiger partial charge in [-0.2, -0.15) is 0 Å². The van der Waals surface area contributed by atoms with Crippen LogP contribution in [0.3, 0.4) is 0 Å². The summed E-state index contributed by atoms with van der Waals surface area (Å²) in [5.41, 5.74) is 7.34. The summed E-state index contributed by atoms with van der Waals surface area (Å²) in [5, 5.41) is 2.38. The van der Waals surface area contributed by atoms with E-state index in [1.165, 1.54) is 33.0 Å². The normalized spacial score (nSPS) is 15.1. The fourth-order valence-electron chi connectivity index (χ4n) is 3.94. The van der Waals surface area contributed by atoms with E-state index in [4.69, 9.17) is 4.42 Å². The van der Waals surface area contributed by atoms with Crippen LogP contribution < -0.4 is 0 Å². The van der Waals surface area contributed by atoms with E-state index in [0.29, 0.717) is 0 Å². The van der Waals surface area contributed by atoms with Crippen LogP contribution >= 0.6 is 15.9 Å². The molecule has 1 nitrogen and oxygen atoms in total. The number of benzene rings is 3. The van der Waals surface area contributed by atoms with Crippen LogP contribution in [0.2, 0.25) is 0 Å². The molecule has 23 heavy (non-hydrogen) atoms. The molecule has 0 amide bonds. The molecular weight excluding hydrogens is 348 g/mol. The van der Waals surface area contributed by atoms with Crippen molar-refractivity contribution in [3.63, 3.8) is 0 Å². The van der Waals surface area contributed by atoms with E-state index in [9.17, 15) is 0 Å². The van der Waals surface area contributed by atoms with Crippen LogP contribution in [0.5, 0.6) is 0 Å². The minimum Gasteiger partial charge on any atom is -0.456 e. The lowest BCUT2D eigenvalue weighted by Crippen LogP contribution is -2.14. The van der Waals surface area contributed by atoms with Gasteiger partial charge in [-0.3, -0.25) is 0 Å². The van der Waals surface area contributed by atoms with Gasteiger partial charge in [0.2, 0.25) is 0 Å². The van der Waals surface area contributed by atoms with E-state index in [0.717, 1.165) is 15.6 Å². The molecule has 0 aliphatic heterocycles. The number of halogens is 1. The van der Waals surface area contributed by atoms with E-state index >= 15 is 0 Å². The van der Waals surface area contributed by atoms with Crippen LogP contribution in [0.1, 0.15) is 25.0 Å². The summed E-state index contributed by atoms with van der Waals surface area (Å²) < 4.78 is 7.16. The summed E-state index contributed by atoms with van der Waals surface area (Å²) >= 11 is 3.52. The number of rotatable bonds is 0. The molecule has 0 spiro atoms. The maximum Gasteiger partial charge on any atom is 0.136 e. The Morgan fingerprint density at radius 3 is 2.43 bits per heavy atom. The largest absolute Gasteiger partial charge is 0.456 e. The molecule has 3 aromatic carbocycles. The standard InChI is InChI=1S/C21H15BrO/c1-21(2)17-6-4-3-5-13(17)15-11-20-16(10-18(15)21)14-8-7-12(22)9-19(14)23-20/h3-11H,1-2H3. The molecule has 0 N–H and O–H groups in total. The number of hydrogen-bond acceptors (Lipinski definition) is 1. The van der Waals surface area contributed by atoms with Gasteiger partial charge < -0.3 is 4.42 Å². The zero-order valence-corrected chi connectivity index (χ0v) is 14.6. The first-order valence-electron chi connectivity index (χ1n) is 7.82. The smallest absolute Gasteiger partial charge is 0.136 e. The summed E-state index contributed by atoms with van der Waals surface area (Å²) in [5.74, 6) is 0. The molecule has 1 aliphatic rings. The van der Waals surface area contributed by atoms with E-state index in [1.54, 1.807) is 0 Å². The van der Waals surface area contributed by atoms with Crippen LogP contribution in [0, 0.1) is 0 Å². The fourth-order valence-corrected chi connectivity index (χ4v) is 4.28. The Kier molecular flexibility index (Phi) is 2.48. The predicted molar refractivity (Wildman–Crippen MR) is 99.0 cm³/mol. The zero-order chi connectivity index (χ0) is 15.8. The number of fused-ring (bicyclic) bond motifs is 6. The van der Waals surface area contributed by atoms with Gasteiger partial charge >= 0.3 is 0 Å². The van der Waals surface area contributed by atoms with E-state index < -0.39 is 0 Å². The first-order chi connectivity index (χ1) is 11.1. The molecule has 1 aromatic heterocycles. The molecule has 0 atom stereocenters. The van der Waals surface area contributed by atoms with Gasteiger partial charge in [-0.1, -0.05) is 54.0 Å². The van der Waals surface area contributed by atoms with Crippen LogP contribution in [0.25, 0.3) is 33.1 Å². The highest BCUT2D eigenvalue weighted by molar-refractivity contribution is 9.10. The third-order valence-corrected chi connectivity index (χ3v) is 5.63. The Labute approximate surface area is 143 Å². The molecule has 0 bridgehead atoms. The molecule has 0 saturated carbocycles. The molecule has 5 rings (SSSR count). The predicted octanol–water partition coefficient (Wildman–Crippen LogP) is 6.65. The molecule has 2 heteroatoms. The summed E-state index contributed by atoms with van der Waals surface area (Å²) in [7, 11) is 0. The van der Waals surface area contributed by atoms with Crippen molar-refractivity contribution in [3.8, 4) is 11.1 Å². The minimum atomic E-state index is 0.0269. The monoisotopic (exact) mass is 362 g/mol. The average Bonchev–Trinajstić information content (AvgIpc) is 2.99. The lowest BCUT2D eigenvalue weighted by molar-refractivity contribution is 0.657. The summed E-state index contributed by atoms with van der Waals surface area (Å²) in [6.07, 6.45) is 0. The number of hydrogen-bond donors (Lipinski definition) is 0. The molecule has 0 unspecified atom stereocenters. The van der Waals surface area contributed by atoms with Crippen molar-refractivity contribution >= 4 is 37.9 Å². The van der Waals surface area contributed by atoms with Gasteiger partial charge in [-0.15, -0.1) is 0 Å². The Morgan fingerprint density at radius 2 is 1.57 bits per heavy atom. The van der Waals surface area contributed by atoms with Crippen molar-refractivity contribution in [3.05, 3.63) is 70.2 Å². The Bertz CT molecular complexity index is 1100. The molecule has 0 saturated heterocycles. The second kappa shape index (κ2) is 4.27. The topological polar surface area (TPSA) is 13.1 Å². The highest BCUT2D eigenvalue weighted by atomic mass is 79.9. The average molecular weight is 363 g/mol. The van der Waals surface area contributed by atoms with Gasteiger partial charge in [0.25, 0.3) is 0 Å². The van der Waals surface area contributed by atoms with E-state index in [2.05, 4.69) is 78.3 Å². The SMILES string of the molecule is CC1(C)c2ccccc2-c2cc3oc4cc(Br)ccc4c3cc21. The highest BCUT2D eigenvalue weighted by Gasteiger charge is 2.35. The molecular formula is C21H15BrO. The zero-order valence-electron chi connectivity index (χ0n) is 13.0. The molecule has 1 heterocycles. The van der Waals surface area contributed by atoms with Gasteiger partial charge in [-0.05, 0) is 52.6 Å². The Hall–Kier alpha value is -2.06. The summed E-state index contributed by atoms with van der Waals surface area (Å²) in [4.78, 5) is 0.